The zero-order chi connectivity index (χ0) is 20.3. The largest absolute Gasteiger partial charge is 0.482 e. The lowest BCUT2D eigenvalue weighted by Crippen LogP contribution is -2.14. The summed E-state index contributed by atoms with van der Waals surface area (Å²) < 4.78 is 45.2. The molecule has 10 nitrogen and oxygen atoms in total. The standard InChI is InChI=1S/C14H17O10P3/c15-25(16,9-23-11-5-1-3-7-13(11)26(17,18)19)10-24-12-6-2-4-8-14(12)27(20,21)22/h1-8H,9-10H2,(H,15,16)(H2,17,18,19)(H2,20,21,22). The van der Waals surface area contributed by atoms with Crippen LogP contribution in [0, 0.1) is 0 Å². The molecule has 0 bridgehead atoms. The van der Waals surface area contributed by atoms with E-state index in [-0.39, 0.29) is 11.5 Å². The van der Waals surface area contributed by atoms with Gasteiger partial charge in [-0.3, -0.25) is 13.7 Å². The molecule has 2 aromatic carbocycles. The molecule has 148 valence electrons. The van der Waals surface area contributed by atoms with Gasteiger partial charge in [-0.2, -0.15) is 0 Å². The Balaban J connectivity index is 2.09. The molecule has 27 heavy (non-hydrogen) atoms. The van der Waals surface area contributed by atoms with Gasteiger partial charge in [0.15, 0.2) is 12.7 Å². The predicted molar refractivity (Wildman–Crippen MR) is 97.1 cm³/mol. The van der Waals surface area contributed by atoms with E-state index in [1.807, 2.05) is 0 Å². The Morgan fingerprint density at radius 3 is 1.30 bits per heavy atom. The van der Waals surface area contributed by atoms with Gasteiger partial charge in [0.05, 0.1) is 0 Å². The molecule has 2 aromatic rings. The number of hydrogen-bond acceptors (Lipinski definition) is 5. The maximum Gasteiger partial charge on any atom is 0.359 e. The number of benzene rings is 2. The minimum Gasteiger partial charge on any atom is -0.482 e. The second-order valence-corrected chi connectivity index (χ2v) is 10.8. The third-order valence-electron chi connectivity index (χ3n) is 3.20. The van der Waals surface area contributed by atoms with Crippen LogP contribution in [0.3, 0.4) is 0 Å². The van der Waals surface area contributed by atoms with Gasteiger partial charge in [0.2, 0.25) is 0 Å². The molecule has 0 fully saturated rings. The molecule has 0 amide bonds. The first kappa shape index (κ1) is 21.8. The molecule has 0 aliphatic heterocycles. The van der Waals surface area contributed by atoms with Gasteiger partial charge in [0, 0.05) is 0 Å². The number of hydrogen-bond donors (Lipinski definition) is 5. The lowest BCUT2D eigenvalue weighted by molar-refractivity contribution is 0.312. The van der Waals surface area contributed by atoms with Crippen LogP contribution in [-0.4, -0.2) is 37.2 Å². The van der Waals surface area contributed by atoms with Crippen molar-refractivity contribution in [1.82, 2.24) is 0 Å². The van der Waals surface area contributed by atoms with Gasteiger partial charge in [-0.1, -0.05) is 24.3 Å². The Bertz CT molecular complexity index is 874. The molecule has 13 heteroatoms. The molecule has 5 N–H and O–H groups in total. The first-order valence-corrected chi connectivity index (χ1v) is 12.5. The van der Waals surface area contributed by atoms with Gasteiger partial charge in [-0.05, 0) is 24.3 Å². The van der Waals surface area contributed by atoms with Crippen LogP contribution in [-0.2, 0) is 13.7 Å². The van der Waals surface area contributed by atoms with Crippen LogP contribution in [0.5, 0.6) is 11.5 Å². The fourth-order valence-corrected chi connectivity index (χ4v) is 4.19. The molecule has 0 aliphatic rings. The third kappa shape index (κ3) is 6.28. The van der Waals surface area contributed by atoms with Gasteiger partial charge >= 0.3 is 15.2 Å². The van der Waals surface area contributed by atoms with E-state index < -0.39 is 45.9 Å². The first-order chi connectivity index (χ1) is 12.4. The Labute approximate surface area is 154 Å². The lowest BCUT2D eigenvalue weighted by Gasteiger charge is -2.17. The number of rotatable bonds is 8. The van der Waals surface area contributed by atoms with Crippen molar-refractivity contribution in [2.75, 3.05) is 12.7 Å². The van der Waals surface area contributed by atoms with Crippen molar-refractivity contribution >= 4 is 33.2 Å². The van der Waals surface area contributed by atoms with Crippen LogP contribution in [0.15, 0.2) is 48.5 Å². The minimum absolute atomic E-state index is 0.254. The van der Waals surface area contributed by atoms with Crippen LogP contribution in [0.2, 0.25) is 0 Å². The van der Waals surface area contributed by atoms with Crippen LogP contribution >= 0.6 is 22.6 Å². The van der Waals surface area contributed by atoms with Crippen molar-refractivity contribution in [2.45, 2.75) is 0 Å². The average molecular weight is 438 g/mol. The predicted octanol–water partition coefficient (Wildman–Crippen LogP) is 0.936. The van der Waals surface area contributed by atoms with Gasteiger partial charge < -0.3 is 33.9 Å². The van der Waals surface area contributed by atoms with E-state index in [1.165, 1.54) is 36.4 Å². The van der Waals surface area contributed by atoms with Crippen LogP contribution in [0.4, 0.5) is 0 Å². The zero-order valence-electron chi connectivity index (χ0n) is 13.7. The van der Waals surface area contributed by atoms with Crippen molar-refractivity contribution in [3.05, 3.63) is 48.5 Å². The highest BCUT2D eigenvalue weighted by atomic mass is 31.2. The summed E-state index contributed by atoms with van der Waals surface area (Å²) in [7, 11) is -13.4. The lowest BCUT2D eigenvalue weighted by atomic mass is 10.3. The monoisotopic (exact) mass is 438 g/mol. The molecule has 0 aliphatic carbocycles. The number of para-hydroxylation sites is 2. The Morgan fingerprint density at radius 2 is 0.963 bits per heavy atom. The zero-order valence-corrected chi connectivity index (χ0v) is 16.3. The van der Waals surface area contributed by atoms with Crippen LogP contribution in [0.1, 0.15) is 0 Å². The van der Waals surface area contributed by atoms with Crippen molar-refractivity contribution in [1.29, 1.82) is 0 Å². The highest BCUT2D eigenvalue weighted by Gasteiger charge is 2.27. The van der Waals surface area contributed by atoms with E-state index in [1.54, 1.807) is 0 Å². The Kier molecular flexibility index (Phi) is 6.68. The van der Waals surface area contributed by atoms with E-state index in [4.69, 9.17) is 9.47 Å². The summed E-state index contributed by atoms with van der Waals surface area (Å²) >= 11 is 0. The second kappa shape index (κ2) is 8.27. The minimum atomic E-state index is -4.64. The second-order valence-electron chi connectivity index (χ2n) is 5.42. The summed E-state index contributed by atoms with van der Waals surface area (Å²) in [4.78, 5) is 47.0. The van der Waals surface area contributed by atoms with E-state index >= 15 is 0 Å². The van der Waals surface area contributed by atoms with Gasteiger partial charge in [-0.25, -0.2) is 0 Å². The maximum absolute atomic E-state index is 12.2. The highest BCUT2D eigenvalue weighted by Crippen LogP contribution is 2.44. The number of ether oxygens (including phenoxy) is 2. The van der Waals surface area contributed by atoms with Crippen molar-refractivity contribution in [2.24, 2.45) is 0 Å². The SMILES string of the molecule is O=P(O)(COc1ccccc1P(=O)(O)O)COc1ccccc1P(=O)(O)O. The molecule has 0 unspecified atom stereocenters. The molecule has 0 spiro atoms. The summed E-state index contributed by atoms with van der Waals surface area (Å²) in [6, 6.07) is 10.4. The summed E-state index contributed by atoms with van der Waals surface area (Å²) in [5.41, 5.74) is 0. The normalized spacial score (nSPS) is 12.6. The topological polar surface area (TPSA) is 171 Å². The van der Waals surface area contributed by atoms with Gasteiger partial charge in [-0.15, -0.1) is 0 Å². The van der Waals surface area contributed by atoms with E-state index in [9.17, 15) is 38.2 Å². The first-order valence-electron chi connectivity index (χ1n) is 7.27. The van der Waals surface area contributed by atoms with Crippen molar-refractivity contribution in [3.63, 3.8) is 0 Å². The van der Waals surface area contributed by atoms with Gasteiger partial charge in [0.25, 0.3) is 7.37 Å². The summed E-state index contributed by atoms with van der Waals surface area (Å²) in [5.74, 6) is -0.508. The summed E-state index contributed by atoms with van der Waals surface area (Å²) in [5, 5.41) is -0.865. The van der Waals surface area contributed by atoms with Crippen molar-refractivity contribution in [3.8, 4) is 11.5 Å². The van der Waals surface area contributed by atoms with E-state index in [2.05, 4.69) is 0 Å². The molecule has 0 atom stereocenters. The van der Waals surface area contributed by atoms with Crippen LogP contribution < -0.4 is 20.1 Å². The van der Waals surface area contributed by atoms with E-state index in [0.29, 0.717) is 0 Å². The average Bonchev–Trinajstić information content (AvgIpc) is 2.57. The molecule has 0 heterocycles. The fourth-order valence-electron chi connectivity index (χ4n) is 2.02. The third-order valence-corrected chi connectivity index (χ3v) is 6.26. The van der Waals surface area contributed by atoms with Gasteiger partial charge in [0.1, 0.15) is 22.1 Å². The Hall–Kier alpha value is -1.47. The summed E-state index contributed by atoms with van der Waals surface area (Å²) in [6.45, 7) is 0. The highest BCUT2D eigenvalue weighted by molar-refractivity contribution is 7.61. The molecule has 2 rings (SSSR count). The van der Waals surface area contributed by atoms with Crippen LogP contribution in [0.25, 0.3) is 0 Å². The molecule has 0 saturated carbocycles. The van der Waals surface area contributed by atoms with E-state index in [0.717, 1.165) is 12.1 Å². The molecule has 0 radical (unpaired) electrons. The maximum atomic E-state index is 12.2. The quantitative estimate of drug-likeness (QED) is 0.374. The smallest absolute Gasteiger partial charge is 0.359 e. The Morgan fingerprint density at radius 1 is 0.630 bits per heavy atom. The molecular formula is C14H17O10P3. The molecular weight excluding hydrogens is 421 g/mol. The fraction of sp³-hybridized carbons (Fsp3) is 0.143. The molecule has 0 saturated heterocycles. The summed E-state index contributed by atoms with van der Waals surface area (Å²) in [6.07, 6.45) is -1.63. The van der Waals surface area contributed by atoms with Crippen molar-refractivity contribution < 1.29 is 47.6 Å². The molecule has 0 aromatic heterocycles.